The zero-order valence-electron chi connectivity index (χ0n) is 10.7. The molecular weight excluding hydrogens is 224 g/mol. The highest BCUT2D eigenvalue weighted by Crippen LogP contribution is 2.28. The van der Waals surface area contributed by atoms with Crippen LogP contribution in [0.15, 0.2) is 29.0 Å². The second kappa shape index (κ2) is 5.42. The highest BCUT2D eigenvalue weighted by atomic mass is 16.3. The number of fused-ring (bicyclic) bond motifs is 1. The molecule has 96 valence electrons. The molecule has 0 amide bonds. The quantitative estimate of drug-likeness (QED) is 0.801. The van der Waals surface area contributed by atoms with Gasteiger partial charge in [0.25, 0.3) is 0 Å². The predicted molar refractivity (Wildman–Crippen MR) is 73.7 cm³/mol. The second-order valence-electron chi connectivity index (χ2n) is 5.21. The van der Waals surface area contributed by atoms with Gasteiger partial charge in [-0.1, -0.05) is 25.7 Å². The summed E-state index contributed by atoms with van der Waals surface area (Å²) in [5.41, 5.74) is 0.906. The van der Waals surface area contributed by atoms with Gasteiger partial charge < -0.3 is 9.73 Å². The van der Waals surface area contributed by atoms with Crippen molar-refractivity contribution in [2.24, 2.45) is 5.92 Å². The lowest BCUT2D eigenvalue weighted by atomic mass is 10.0. The van der Waals surface area contributed by atoms with E-state index in [-0.39, 0.29) is 0 Å². The lowest BCUT2D eigenvalue weighted by Gasteiger charge is -2.09. The van der Waals surface area contributed by atoms with Gasteiger partial charge in [0.1, 0.15) is 11.4 Å². The van der Waals surface area contributed by atoms with Gasteiger partial charge in [0.15, 0.2) is 0 Å². The van der Waals surface area contributed by atoms with Crippen molar-refractivity contribution in [3.05, 3.63) is 24.6 Å². The van der Waals surface area contributed by atoms with Crippen LogP contribution in [-0.2, 0) is 0 Å². The summed E-state index contributed by atoms with van der Waals surface area (Å²) < 4.78 is 5.37. The average Bonchev–Trinajstić information content (AvgIpc) is 3.05. The van der Waals surface area contributed by atoms with Crippen LogP contribution in [0.3, 0.4) is 0 Å². The van der Waals surface area contributed by atoms with Crippen LogP contribution >= 0.6 is 0 Å². The third kappa shape index (κ3) is 2.50. The maximum atomic E-state index is 5.37. The van der Waals surface area contributed by atoms with E-state index < -0.39 is 0 Å². The van der Waals surface area contributed by atoms with Crippen LogP contribution in [-0.4, -0.2) is 11.5 Å². The van der Waals surface area contributed by atoms with Gasteiger partial charge in [-0.2, -0.15) is 0 Å². The molecule has 2 aromatic heterocycles. The topological polar surface area (TPSA) is 38.1 Å². The summed E-state index contributed by atoms with van der Waals surface area (Å²) in [4.78, 5) is 4.38. The number of rotatable bonds is 5. The van der Waals surface area contributed by atoms with Crippen molar-refractivity contribution in [2.75, 3.05) is 11.9 Å². The molecule has 0 unspecified atom stereocenters. The predicted octanol–water partition coefficient (Wildman–Crippen LogP) is 4.21. The van der Waals surface area contributed by atoms with Crippen LogP contribution < -0.4 is 5.32 Å². The van der Waals surface area contributed by atoms with Crippen LogP contribution in [0.25, 0.3) is 11.0 Å². The molecule has 2 heterocycles. The number of aromatic nitrogens is 1. The highest BCUT2D eigenvalue weighted by molar-refractivity contribution is 5.87. The molecule has 0 radical (unpaired) electrons. The van der Waals surface area contributed by atoms with Crippen molar-refractivity contribution >= 4 is 16.8 Å². The Hall–Kier alpha value is -1.51. The molecule has 0 aliphatic heterocycles. The Kier molecular flexibility index (Phi) is 3.49. The van der Waals surface area contributed by atoms with Crippen molar-refractivity contribution in [3.8, 4) is 0 Å². The first kappa shape index (κ1) is 11.6. The van der Waals surface area contributed by atoms with E-state index in [9.17, 15) is 0 Å². The van der Waals surface area contributed by atoms with E-state index in [4.69, 9.17) is 4.42 Å². The third-order valence-electron chi connectivity index (χ3n) is 3.94. The maximum absolute atomic E-state index is 5.37. The Bertz CT molecular complexity index is 500. The number of hydrogen-bond acceptors (Lipinski definition) is 3. The highest BCUT2D eigenvalue weighted by Gasteiger charge is 2.14. The van der Waals surface area contributed by atoms with Gasteiger partial charge in [-0.15, -0.1) is 0 Å². The Morgan fingerprint density at radius 2 is 2.17 bits per heavy atom. The van der Waals surface area contributed by atoms with E-state index in [1.807, 2.05) is 12.1 Å². The van der Waals surface area contributed by atoms with Gasteiger partial charge in [0.2, 0.25) is 0 Å². The smallest absolute Gasteiger partial charge is 0.139 e. The van der Waals surface area contributed by atoms with Crippen LogP contribution in [0.5, 0.6) is 0 Å². The average molecular weight is 244 g/mol. The number of furan rings is 1. The lowest BCUT2D eigenvalue weighted by Crippen LogP contribution is -2.05. The minimum absolute atomic E-state index is 0.906. The molecule has 0 aromatic carbocycles. The molecule has 1 aliphatic rings. The fourth-order valence-electron chi connectivity index (χ4n) is 2.93. The monoisotopic (exact) mass is 244 g/mol. The van der Waals surface area contributed by atoms with E-state index in [2.05, 4.69) is 10.3 Å². The molecule has 3 nitrogen and oxygen atoms in total. The molecule has 2 aromatic rings. The minimum atomic E-state index is 0.906. The van der Waals surface area contributed by atoms with Crippen LogP contribution in [0.4, 0.5) is 5.82 Å². The Morgan fingerprint density at radius 1 is 1.28 bits per heavy atom. The van der Waals surface area contributed by atoms with E-state index in [0.29, 0.717) is 0 Å². The van der Waals surface area contributed by atoms with Gasteiger partial charge in [-0.25, -0.2) is 4.98 Å². The SMILES string of the molecule is c1cc2occc2c(NCCCC2CCCC2)n1. The summed E-state index contributed by atoms with van der Waals surface area (Å²) in [6.07, 6.45) is 11.9. The fraction of sp³-hybridized carbons (Fsp3) is 0.533. The molecule has 1 saturated carbocycles. The molecule has 0 spiro atoms. The van der Waals surface area contributed by atoms with Gasteiger partial charge in [-0.05, 0) is 30.9 Å². The summed E-state index contributed by atoms with van der Waals surface area (Å²) in [5, 5.41) is 4.51. The largest absolute Gasteiger partial charge is 0.464 e. The van der Waals surface area contributed by atoms with Crippen molar-refractivity contribution in [3.63, 3.8) is 0 Å². The Balaban J connectivity index is 1.51. The maximum Gasteiger partial charge on any atom is 0.139 e. The molecule has 1 aliphatic carbocycles. The molecule has 1 N–H and O–H groups in total. The van der Waals surface area contributed by atoms with Gasteiger partial charge in [-0.3, -0.25) is 0 Å². The number of nitrogens with one attached hydrogen (secondary N) is 1. The number of pyridine rings is 1. The first-order chi connectivity index (χ1) is 8.93. The van der Waals surface area contributed by atoms with Gasteiger partial charge in [0.05, 0.1) is 11.6 Å². The van der Waals surface area contributed by atoms with E-state index in [0.717, 1.165) is 29.2 Å². The molecule has 0 atom stereocenters. The molecular formula is C15H20N2O. The zero-order chi connectivity index (χ0) is 12.2. The van der Waals surface area contributed by atoms with Gasteiger partial charge in [0, 0.05) is 12.7 Å². The van der Waals surface area contributed by atoms with Crippen LogP contribution in [0, 0.1) is 5.92 Å². The first-order valence-corrected chi connectivity index (χ1v) is 6.99. The van der Waals surface area contributed by atoms with Crippen molar-refractivity contribution in [2.45, 2.75) is 38.5 Å². The second-order valence-corrected chi connectivity index (χ2v) is 5.21. The number of anilines is 1. The van der Waals surface area contributed by atoms with Crippen LogP contribution in [0.1, 0.15) is 38.5 Å². The normalized spacial score (nSPS) is 16.4. The minimum Gasteiger partial charge on any atom is -0.464 e. The van der Waals surface area contributed by atoms with E-state index in [1.54, 1.807) is 12.5 Å². The molecule has 3 rings (SSSR count). The van der Waals surface area contributed by atoms with Gasteiger partial charge >= 0.3 is 0 Å². The first-order valence-electron chi connectivity index (χ1n) is 6.99. The van der Waals surface area contributed by atoms with Crippen LogP contribution in [0.2, 0.25) is 0 Å². The molecule has 0 bridgehead atoms. The summed E-state index contributed by atoms with van der Waals surface area (Å²) in [6.45, 7) is 1.01. The number of nitrogens with zero attached hydrogens (tertiary/aromatic N) is 1. The van der Waals surface area contributed by atoms with E-state index >= 15 is 0 Å². The third-order valence-corrected chi connectivity index (χ3v) is 3.94. The van der Waals surface area contributed by atoms with Crippen molar-refractivity contribution in [1.29, 1.82) is 0 Å². The standard InChI is InChI=1S/C15H20N2O/c1-2-5-12(4-1)6-3-9-16-15-13-8-11-18-14(13)7-10-17-15/h7-8,10-12H,1-6,9H2,(H,16,17). The van der Waals surface area contributed by atoms with Crippen molar-refractivity contribution in [1.82, 2.24) is 4.98 Å². The Labute approximate surface area is 108 Å². The molecule has 18 heavy (non-hydrogen) atoms. The van der Waals surface area contributed by atoms with Crippen molar-refractivity contribution < 1.29 is 4.42 Å². The molecule has 3 heteroatoms. The summed E-state index contributed by atoms with van der Waals surface area (Å²) >= 11 is 0. The summed E-state index contributed by atoms with van der Waals surface area (Å²) in [7, 11) is 0. The zero-order valence-corrected chi connectivity index (χ0v) is 10.7. The summed E-state index contributed by atoms with van der Waals surface area (Å²) in [6, 6.07) is 3.88. The fourth-order valence-corrected chi connectivity index (χ4v) is 2.93. The van der Waals surface area contributed by atoms with E-state index in [1.165, 1.54) is 38.5 Å². The molecule has 0 saturated heterocycles. The summed E-state index contributed by atoms with van der Waals surface area (Å²) in [5.74, 6) is 1.93. The number of hydrogen-bond donors (Lipinski definition) is 1. The lowest BCUT2D eigenvalue weighted by molar-refractivity contribution is 0.491. The Morgan fingerprint density at radius 3 is 3.06 bits per heavy atom. The molecule has 1 fully saturated rings.